The zero-order chi connectivity index (χ0) is 97.6. The Balaban J connectivity index is 1.04. The Labute approximate surface area is 646 Å². The summed E-state index contributed by atoms with van der Waals surface area (Å²) in [6, 6.07) is 15.9. The van der Waals surface area contributed by atoms with E-state index in [1.54, 1.807) is 77.5 Å². The van der Waals surface area contributed by atoms with Gasteiger partial charge in [-0.15, -0.1) is 0 Å². The molecular weight excluding hydrogens is 1270 g/mol. The Bertz CT molecular complexity index is 8060. The average Bonchev–Trinajstić information content (AvgIpc) is 0.982. The lowest BCUT2D eigenvalue weighted by Crippen LogP contribution is -2.74. The molecule has 0 fully saturated rings. The first-order valence-electron chi connectivity index (χ1n) is 49.4. The van der Waals surface area contributed by atoms with Gasteiger partial charge in [0.05, 0.1) is 87.2 Å². The van der Waals surface area contributed by atoms with Crippen LogP contribution in [0, 0.1) is 20.0 Å². The largest absolute Gasteiger partial charge is 0.458 e. The number of fused-ring (bicyclic) bond motifs is 13. The second-order valence-corrected chi connectivity index (χ2v) is 29.4. The number of hydrogen-bond acceptors (Lipinski definition) is 2. The summed E-state index contributed by atoms with van der Waals surface area (Å²) in [5.74, 6) is 0.984. The van der Waals surface area contributed by atoms with E-state index in [4.69, 9.17) is 13.8 Å². The minimum absolute atomic E-state index is 0.0446. The van der Waals surface area contributed by atoms with Crippen LogP contribution in [-0.4, -0.2) is 26.8 Å². The lowest BCUT2D eigenvalue weighted by Gasteiger charge is -2.34. The summed E-state index contributed by atoms with van der Waals surface area (Å²) in [5.41, 5.74) is -3.76. The Hall–Kier alpha value is -12.7. The molecule has 0 amide bonds. The topological polar surface area (TPSA) is 40.8 Å². The number of pyridine rings is 1. The predicted molar refractivity (Wildman–Crippen MR) is 429 cm³/mol. The van der Waals surface area contributed by atoms with Gasteiger partial charge in [-0.2, -0.15) is 0 Å². The summed E-state index contributed by atoms with van der Waals surface area (Å²) < 4.78 is 336. The van der Waals surface area contributed by atoms with Crippen molar-refractivity contribution in [2.45, 2.75) is 39.9 Å². The normalized spacial score (nSPS) is 16.9. The lowest BCUT2D eigenvalue weighted by molar-refractivity contribution is -0.571. The predicted octanol–water partition coefficient (Wildman–Crippen LogP) is 21.0. The van der Waals surface area contributed by atoms with Crippen LogP contribution in [0.2, 0.25) is 0 Å². The number of para-hydroxylation sites is 3. The first-order chi connectivity index (χ1) is 64.2. The minimum Gasteiger partial charge on any atom is -0.458 e. The third-order valence-electron chi connectivity index (χ3n) is 19.1. The number of hydrogen-bond donors (Lipinski definition) is 0. The van der Waals surface area contributed by atoms with Crippen molar-refractivity contribution in [3.05, 3.63) is 362 Å². The van der Waals surface area contributed by atoms with Crippen LogP contribution in [0.3, 0.4) is 0 Å². The van der Waals surface area contributed by atoms with Crippen molar-refractivity contribution in [2.24, 2.45) is 0 Å². The molecule has 5 heterocycles. The summed E-state index contributed by atoms with van der Waals surface area (Å²) in [7, 11) is -6.63. The Morgan fingerprint density at radius 2 is 0.961 bits per heavy atom. The van der Waals surface area contributed by atoms with Gasteiger partial charge in [0, 0.05) is 42.0 Å². The molecule has 0 radical (unpaired) electrons. The highest BCUT2D eigenvalue weighted by atomic mass is 28.3. The molecule has 6 nitrogen and oxygen atoms in total. The number of nitrogens with zero attached hydrogens (tertiary/aromatic N) is 5. The molecule has 0 aliphatic carbocycles. The van der Waals surface area contributed by atoms with Crippen molar-refractivity contribution in [3.8, 4) is 90.0 Å². The van der Waals surface area contributed by atoms with Crippen molar-refractivity contribution in [2.75, 3.05) is 0 Å². The number of benzene rings is 14. The van der Waals surface area contributed by atoms with Gasteiger partial charge in [0.2, 0.25) is 0 Å². The molecule has 103 heavy (non-hydrogen) atoms. The molecule has 0 atom stereocenters. The summed E-state index contributed by atoms with van der Waals surface area (Å²) in [5, 5.41) is -1.73. The zero-order valence-corrected chi connectivity index (χ0v) is 55.9. The van der Waals surface area contributed by atoms with Crippen molar-refractivity contribution in [1.29, 1.82) is 0 Å². The maximum absolute atomic E-state index is 11.3. The van der Waals surface area contributed by atoms with Gasteiger partial charge in [-0.1, -0.05) is 269 Å². The molecule has 0 spiro atoms. The Morgan fingerprint density at radius 1 is 0.427 bits per heavy atom. The molecule has 1 aliphatic rings. The van der Waals surface area contributed by atoms with Crippen LogP contribution in [0.5, 0.6) is 11.5 Å². The molecule has 14 aromatic carbocycles. The van der Waals surface area contributed by atoms with Crippen LogP contribution in [-0.2, 0) is 5.41 Å². The summed E-state index contributed by atoms with van der Waals surface area (Å²) in [4.78, 5) is 4.88. The van der Waals surface area contributed by atoms with Crippen LogP contribution in [0.25, 0.3) is 133 Å². The van der Waals surface area contributed by atoms with E-state index in [0.29, 0.717) is 33.1 Å². The molecule has 7 heteroatoms. The summed E-state index contributed by atoms with van der Waals surface area (Å²) >= 11 is 0. The number of ether oxygens (including phenoxy) is 1. The zero-order valence-electron chi connectivity index (χ0n) is 87.9. The third kappa shape index (κ3) is 9.97. The monoisotopic (exact) mass is 1370 g/mol. The van der Waals surface area contributed by atoms with E-state index in [1.807, 2.05) is 65.2 Å². The van der Waals surface area contributed by atoms with E-state index in [2.05, 4.69) is 27.1 Å². The molecular formula is C96H71N5OSi. The van der Waals surface area contributed by atoms with Crippen LogP contribution in [0.4, 0.5) is 0 Å². The van der Waals surface area contributed by atoms with Crippen molar-refractivity contribution in [3.63, 3.8) is 0 Å². The van der Waals surface area contributed by atoms with Gasteiger partial charge in [0.15, 0.2) is 8.07 Å². The molecule has 4 aromatic heterocycles. The molecule has 18 aromatic rings. The van der Waals surface area contributed by atoms with E-state index in [9.17, 15) is 41.1 Å². The first-order valence-corrected chi connectivity index (χ1v) is 34.9. The molecule has 0 unspecified atom stereocenters. The van der Waals surface area contributed by atoms with E-state index >= 15 is 0 Å². The molecule has 19 rings (SSSR count). The van der Waals surface area contributed by atoms with Gasteiger partial charge in [-0.3, -0.25) is 13.7 Å². The standard InChI is InChI=1S/C96H71N5OSi/c1-63-28-25-29-64(2)93(63)67-56-85-79-43-18-16-41-77(79)76-40-15-17-42-78(76)84-55-66(65-30-26-39-75(54-65)103(72-33-9-6-10-34-72,73-35-11-7-12-36-73)74-37-13-8-14-38-74)57-90-94(84)99(95(85)91(58-67)100-86-47-22-19-44-80(86)81-45-20-23-48-87(81)100)62-98(90)69-31-27-32-70(60-69)102-71-50-51-83-82-46-21-24-49-88(82)101(89(83)61-71)92-59-68(52-53-97-92)96(3,4)5/h6-61H,1-5H3/i1D3,2D3,6D,7D,8D,9D,10D,11D,12D,13D,14D,15D,16D,17D,18D,26D,30D,33D,34D,35D,36D,37D,38D,39D,40D,41D,42D,43D,54D. The van der Waals surface area contributed by atoms with E-state index in [0.717, 1.165) is 21.9 Å². The summed E-state index contributed by atoms with van der Waals surface area (Å²) in [6.45, 7) is 0.0167. The number of aromatic nitrogens is 5. The van der Waals surface area contributed by atoms with Crippen LogP contribution in [0.1, 0.15) is 82.7 Å². The Morgan fingerprint density at radius 3 is 1.57 bits per heavy atom. The average molecular weight is 1370 g/mol. The van der Waals surface area contributed by atoms with Gasteiger partial charge >= 0.3 is 0 Å². The van der Waals surface area contributed by atoms with Crippen molar-refractivity contribution >= 4 is 83.5 Å². The fourth-order valence-electron chi connectivity index (χ4n) is 14.6. The van der Waals surface area contributed by atoms with Crippen LogP contribution in [0.15, 0.2) is 339 Å². The molecule has 490 valence electrons. The maximum Gasteiger partial charge on any atom is 0.269 e. The number of imidazole rings is 1. The molecule has 0 saturated heterocycles. The molecule has 0 bridgehead atoms. The smallest absolute Gasteiger partial charge is 0.269 e. The van der Waals surface area contributed by atoms with Gasteiger partial charge in [0.1, 0.15) is 17.3 Å². The molecule has 1 aliphatic heterocycles. The molecule has 0 N–H and O–H groups in total. The second kappa shape index (κ2) is 24.3. The van der Waals surface area contributed by atoms with E-state index < -0.39 is 256 Å². The first kappa shape index (κ1) is 36.1. The highest BCUT2D eigenvalue weighted by Crippen LogP contribution is 2.49. The SMILES string of the molecule is [2H]c1c([2H])c([2H])c([Si](c2c([2H])c([2H])c([2H])c([2H])c2[2H])(c2c([2H])c([2H])c([2H])c([2H])c2[2H])c2c([2H])c([2H])c([2H])c(-c3cc4c5c(c3)n(-c3cccc(Oc6ccc7c8ccccc8n(-c8cc(C(C)(C)C)ccn8)c7c6)c3)[c-][n+]5-c3c(cc(-c5c(C([2H])([2H])[2H])cccc5C([2H])([2H])[2H])cc3-n3c5ccccc5c5ccccc53)-c3c([2H])c([2H])c([2H])c([2H])c3-c3c([2H])c([2H])c([2H])c([2H])c3-4)c2[2H])c([2H])c1[2H]. The van der Waals surface area contributed by atoms with E-state index in [-0.39, 0.29) is 61.7 Å². The van der Waals surface area contributed by atoms with Gasteiger partial charge < -0.3 is 9.30 Å². The quantitative estimate of drug-likeness (QED) is 0.0560. The van der Waals surface area contributed by atoms with Gasteiger partial charge in [-0.05, 0) is 191 Å². The Kier molecular flexibility index (Phi) is 8.51. The minimum atomic E-state index is -6.63. The molecule has 0 saturated carbocycles. The van der Waals surface area contributed by atoms with Crippen molar-refractivity contribution < 1.29 is 54.5 Å². The fourth-order valence-corrected chi connectivity index (χ4v) is 18.1. The summed E-state index contributed by atoms with van der Waals surface area (Å²) in [6.07, 6.45) is 5.29. The number of aryl methyl sites for hydroxylation is 2. The van der Waals surface area contributed by atoms with Gasteiger partial charge in [0.25, 0.3) is 6.33 Å². The lowest BCUT2D eigenvalue weighted by atomic mass is 9.87. The van der Waals surface area contributed by atoms with E-state index in [1.165, 1.54) is 51.6 Å². The number of rotatable bonds is 11. The van der Waals surface area contributed by atoms with Crippen LogP contribution >= 0.6 is 0 Å². The highest BCUT2D eigenvalue weighted by molar-refractivity contribution is 7.20. The third-order valence-corrected chi connectivity index (χ3v) is 23.1. The maximum atomic E-state index is 11.3. The van der Waals surface area contributed by atoms with Gasteiger partial charge in [-0.25, -0.2) is 4.98 Å². The van der Waals surface area contributed by atoms with Crippen molar-refractivity contribution in [1.82, 2.24) is 18.7 Å². The highest BCUT2D eigenvalue weighted by Gasteiger charge is 2.42. The second-order valence-electron chi connectivity index (χ2n) is 25.9. The van der Waals surface area contributed by atoms with Crippen LogP contribution < -0.4 is 30.1 Å². The fraction of sp³-hybridized carbons (Fsp3) is 0.0625.